The number of amides is 2. The van der Waals surface area contributed by atoms with Crippen LogP contribution in [0.5, 0.6) is 5.75 Å². The Balaban J connectivity index is 1.95. The van der Waals surface area contributed by atoms with Gasteiger partial charge in [0.1, 0.15) is 10.1 Å². The molecule has 1 aliphatic heterocycles. The van der Waals surface area contributed by atoms with Crippen molar-refractivity contribution in [3.8, 4) is 5.75 Å². The molecule has 8 heteroatoms. The molecule has 1 aromatic carbocycles. The van der Waals surface area contributed by atoms with Crippen molar-refractivity contribution in [2.24, 2.45) is 0 Å². The number of carbonyl (C=O) groups excluding carboxylic acids is 2. The molecule has 146 valence electrons. The van der Waals surface area contributed by atoms with Crippen LogP contribution in [0.25, 0.3) is 6.08 Å². The Hall–Kier alpha value is -1.90. The van der Waals surface area contributed by atoms with Gasteiger partial charge in [-0.05, 0) is 37.1 Å². The molecule has 6 nitrogen and oxygen atoms in total. The number of methoxy groups -OCH3 is 1. The lowest BCUT2D eigenvalue weighted by Crippen LogP contribution is -2.34. The highest BCUT2D eigenvalue weighted by Gasteiger charge is 2.31. The normalized spacial score (nSPS) is 15.5. The molecule has 1 N–H and O–H groups in total. The van der Waals surface area contributed by atoms with E-state index in [9.17, 15) is 9.59 Å². The lowest BCUT2D eigenvalue weighted by molar-refractivity contribution is -0.132. The van der Waals surface area contributed by atoms with Crippen LogP contribution >= 0.6 is 24.0 Å². The molecule has 1 fully saturated rings. The van der Waals surface area contributed by atoms with Crippen molar-refractivity contribution >= 4 is 46.2 Å². The molecule has 1 heterocycles. The quantitative estimate of drug-likeness (QED) is 0.500. The van der Waals surface area contributed by atoms with Crippen LogP contribution in [0.3, 0.4) is 0 Å². The first-order valence-electron chi connectivity index (χ1n) is 8.78. The molecule has 27 heavy (non-hydrogen) atoms. The van der Waals surface area contributed by atoms with E-state index in [4.69, 9.17) is 22.1 Å². The minimum atomic E-state index is -0.136. The summed E-state index contributed by atoms with van der Waals surface area (Å²) < 4.78 is 5.70. The Bertz CT molecular complexity index is 736. The summed E-state index contributed by atoms with van der Waals surface area (Å²) in [5.41, 5.74) is 0.868. The third kappa shape index (κ3) is 5.79. The summed E-state index contributed by atoms with van der Waals surface area (Å²) in [7, 11) is 1.60. The van der Waals surface area contributed by atoms with Gasteiger partial charge in [0.15, 0.2) is 0 Å². The zero-order valence-electron chi connectivity index (χ0n) is 15.5. The summed E-state index contributed by atoms with van der Waals surface area (Å²) >= 11 is 6.60. The molecule has 1 saturated heterocycles. The van der Waals surface area contributed by atoms with Crippen molar-refractivity contribution in [2.45, 2.75) is 19.8 Å². The minimum Gasteiger partial charge on any atom is -0.497 e. The predicted molar refractivity (Wildman–Crippen MR) is 111 cm³/mol. The molecule has 2 rings (SSSR count). The molecule has 0 spiro atoms. The van der Waals surface area contributed by atoms with E-state index in [1.54, 1.807) is 23.0 Å². The first kappa shape index (κ1) is 21.4. The molecule has 0 aliphatic carbocycles. The topological polar surface area (TPSA) is 70.1 Å². The van der Waals surface area contributed by atoms with Gasteiger partial charge in [-0.15, -0.1) is 0 Å². The fourth-order valence-corrected chi connectivity index (χ4v) is 4.01. The van der Waals surface area contributed by atoms with Gasteiger partial charge in [-0.2, -0.15) is 0 Å². The smallest absolute Gasteiger partial charge is 0.266 e. The highest BCUT2D eigenvalue weighted by Crippen LogP contribution is 2.33. The molecule has 1 aromatic rings. The lowest BCUT2D eigenvalue weighted by Gasteiger charge is -2.20. The number of benzene rings is 1. The van der Waals surface area contributed by atoms with Crippen molar-refractivity contribution < 1.29 is 19.4 Å². The van der Waals surface area contributed by atoms with Crippen LogP contribution in [0.1, 0.15) is 25.3 Å². The van der Waals surface area contributed by atoms with E-state index in [2.05, 4.69) is 0 Å². The summed E-state index contributed by atoms with van der Waals surface area (Å²) in [6, 6.07) is 7.46. The molecule has 0 atom stereocenters. The van der Waals surface area contributed by atoms with Gasteiger partial charge in [-0.1, -0.05) is 36.1 Å². The zero-order chi connectivity index (χ0) is 19.8. The molecule has 0 unspecified atom stereocenters. The van der Waals surface area contributed by atoms with Crippen molar-refractivity contribution in [1.82, 2.24) is 9.80 Å². The number of rotatable bonds is 9. The third-order valence-corrected chi connectivity index (χ3v) is 5.52. The molecule has 0 radical (unpaired) electrons. The summed E-state index contributed by atoms with van der Waals surface area (Å²) in [6.45, 7) is 3.12. The minimum absolute atomic E-state index is 0.0242. The van der Waals surface area contributed by atoms with Gasteiger partial charge >= 0.3 is 0 Å². The third-order valence-electron chi connectivity index (χ3n) is 4.14. The van der Waals surface area contributed by atoms with E-state index >= 15 is 0 Å². The lowest BCUT2D eigenvalue weighted by atomic mass is 10.2. The highest BCUT2D eigenvalue weighted by molar-refractivity contribution is 8.26. The number of thiocarbonyl (C=S) groups is 1. The van der Waals surface area contributed by atoms with Crippen LogP contribution in [0.15, 0.2) is 29.2 Å². The number of aliphatic hydroxyl groups excluding tert-OH is 1. The Labute approximate surface area is 169 Å². The Morgan fingerprint density at radius 1 is 1.44 bits per heavy atom. The first-order valence-corrected chi connectivity index (χ1v) is 10.0. The van der Waals surface area contributed by atoms with E-state index in [1.165, 1.54) is 11.8 Å². The molecule has 2 amide bonds. The van der Waals surface area contributed by atoms with Crippen molar-refractivity contribution in [3.63, 3.8) is 0 Å². The van der Waals surface area contributed by atoms with Crippen LogP contribution in [0, 0.1) is 0 Å². The van der Waals surface area contributed by atoms with Gasteiger partial charge in [-0.25, -0.2) is 0 Å². The van der Waals surface area contributed by atoms with Crippen molar-refractivity contribution in [2.75, 3.05) is 33.4 Å². The zero-order valence-corrected chi connectivity index (χ0v) is 17.1. The van der Waals surface area contributed by atoms with Crippen molar-refractivity contribution in [1.29, 1.82) is 0 Å². The number of aliphatic hydroxyl groups is 1. The van der Waals surface area contributed by atoms with Crippen LogP contribution in [-0.4, -0.2) is 64.4 Å². The van der Waals surface area contributed by atoms with Gasteiger partial charge in [0, 0.05) is 26.1 Å². The second-order valence-electron chi connectivity index (χ2n) is 5.91. The second kappa shape index (κ2) is 10.4. The maximum Gasteiger partial charge on any atom is 0.266 e. The molecule has 0 bridgehead atoms. The second-order valence-corrected chi connectivity index (χ2v) is 7.59. The Morgan fingerprint density at radius 2 is 2.22 bits per heavy atom. The Kier molecular flexibility index (Phi) is 8.27. The number of hydrogen-bond acceptors (Lipinski definition) is 6. The van der Waals surface area contributed by atoms with Crippen molar-refractivity contribution in [3.05, 3.63) is 34.7 Å². The van der Waals surface area contributed by atoms with E-state index < -0.39 is 0 Å². The van der Waals surface area contributed by atoms with Gasteiger partial charge in [0.2, 0.25) is 5.91 Å². The standard InChI is InChI=1S/C19H24N2O4S2/c1-3-20(10-11-22)17(23)8-5-9-21-18(24)16(27-19(21)26)13-14-6-4-7-15(12-14)25-2/h4,6-7,12-13,22H,3,5,8-11H2,1-2H3. The number of likely N-dealkylation sites (N-methyl/N-ethyl adjacent to an activating group) is 1. The number of hydrogen-bond donors (Lipinski definition) is 1. The fraction of sp³-hybridized carbons (Fsp3) is 0.421. The van der Waals surface area contributed by atoms with Crippen LogP contribution in [0.2, 0.25) is 0 Å². The molecule has 0 aromatic heterocycles. The number of thioether (sulfide) groups is 1. The van der Waals surface area contributed by atoms with Gasteiger partial charge in [0.25, 0.3) is 5.91 Å². The van der Waals surface area contributed by atoms with Crippen LogP contribution in [0.4, 0.5) is 0 Å². The summed E-state index contributed by atoms with van der Waals surface area (Å²) in [5.74, 6) is 0.563. The SMILES string of the molecule is CCN(CCO)C(=O)CCCN1C(=O)C(=Cc2cccc(OC)c2)SC1=S. The predicted octanol–water partition coefficient (Wildman–Crippen LogP) is 2.52. The van der Waals surface area contributed by atoms with E-state index in [0.29, 0.717) is 41.7 Å². The summed E-state index contributed by atoms with van der Waals surface area (Å²) in [5, 5.41) is 8.99. The number of ether oxygens (including phenoxy) is 1. The van der Waals surface area contributed by atoms with Gasteiger partial charge in [-0.3, -0.25) is 14.5 Å². The average molecular weight is 409 g/mol. The van der Waals surface area contributed by atoms with E-state index in [1.807, 2.05) is 31.2 Å². The van der Waals surface area contributed by atoms with E-state index in [0.717, 1.165) is 11.3 Å². The monoisotopic (exact) mass is 408 g/mol. The fourth-order valence-electron chi connectivity index (χ4n) is 2.70. The molecule has 1 aliphatic rings. The van der Waals surface area contributed by atoms with Gasteiger partial charge < -0.3 is 14.7 Å². The average Bonchev–Trinajstić information content (AvgIpc) is 2.93. The Morgan fingerprint density at radius 3 is 2.89 bits per heavy atom. The first-order chi connectivity index (χ1) is 13.0. The molecular weight excluding hydrogens is 384 g/mol. The number of carbonyl (C=O) groups is 2. The van der Waals surface area contributed by atoms with E-state index in [-0.39, 0.29) is 18.4 Å². The molecular formula is C19H24N2O4S2. The maximum absolute atomic E-state index is 12.6. The summed E-state index contributed by atoms with van der Waals surface area (Å²) in [4.78, 5) is 28.5. The van der Waals surface area contributed by atoms with Crippen LogP contribution in [-0.2, 0) is 9.59 Å². The van der Waals surface area contributed by atoms with Crippen LogP contribution < -0.4 is 4.74 Å². The largest absolute Gasteiger partial charge is 0.497 e. The van der Waals surface area contributed by atoms with Gasteiger partial charge in [0.05, 0.1) is 18.6 Å². The maximum atomic E-state index is 12.6. The number of nitrogens with zero attached hydrogens (tertiary/aromatic N) is 2. The highest BCUT2D eigenvalue weighted by atomic mass is 32.2. The summed E-state index contributed by atoms with van der Waals surface area (Å²) in [6.07, 6.45) is 2.65. The molecule has 0 saturated carbocycles.